The molecule has 5 rings (SSSR count). The number of hydrogen-bond acceptors (Lipinski definition) is 5. The van der Waals surface area contributed by atoms with Crippen molar-refractivity contribution in [3.05, 3.63) is 72.6 Å². The molecule has 3 N–H and O–H groups in total. The minimum atomic E-state index is -0.552. The van der Waals surface area contributed by atoms with E-state index in [0.29, 0.717) is 12.5 Å². The van der Waals surface area contributed by atoms with Crippen molar-refractivity contribution in [2.24, 2.45) is 5.73 Å². The smallest absolute Gasteiger partial charge is 0.239 e. The molecular weight excluding hydrogens is 450 g/mol. The molecule has 0 saturated carbocycles. The SMILES string of the molecule is COc1ccccc1-c1c[nH]c2ncc(-c3cccc(CC(N)C(=O)N4CCC(N(C)C)C4)c3)cc12. The second kappa shape index (κ2) is 10.1. The minimum Gasteiger partial charge on any atom is -0.496 e. The third-order valence-corrected chi connectivity index (χ3v) is 7.17. The summed E-state index contributed by atoms with van der Waals surface area (Å²) in [6.07, 6.45) is 5.34. The number of aromatic amines is 1. The first-order valence-corrected chi connectivity index (χ1v) is 12.3. The van der Waals surface area contributed by atoms with Gasteiger partial charge in [0.05, 0.1) is 13.2 Å². The number of nitrogens with zero attached hydrogens (tertiary/aromatic N) is 3. The fourth-order valence-corrected chi connectivity index (χ4v) is 5.07. The minimum absolute atomic E-state index is 0.0293. The van der Waals surface area contributed by atoms with E-state index in [1.807, 2.05) is 53.7 Å². The Morgan fingerprint density at radius 1 is 1.17 bits per heavy atom. The number of rotatable bonds is 7. The predicted octanol–water partition coefficient (Wildman–Crippen LogP) is 3.94. The van der Waals surface area contributed by atoms with Crippen LogP contribution < -0.4 is 10.5 Å². The van der Waals surface area contributed by atoms with E-state index in [1.165, 1.54) is 0 Å². The highest BCUT2D eigenvalue weighted by atomic mass is 16.5. The summed E-state index contributed by atoms with van der Waals surface area (Å²) in [6, 6.07) is 18.2. The van der Waals surface area contributed by atoms with Crippen molar-refractivity contribution in [3.63, 3.8) is 0 Å². The van der Waals surface area contributed by atoms with E-state index < -0.39 is 6.04 Å². The van der Waals surface area contributed by atoms with E-state index in [1.54, 1.807) is 7.11 Å². The van der Waals surface area contributed by atoms with Crippen LogP contribution in [0, 0.1) is 0 Å². The average Bonchev–Trinajstić information content (AvgIpc) is 3.56. The summed E-state index contributed by atoms with van der Waals surface area (Å²) in [5.74, 6) is 0.848. The van der Waals surface area contributed by atoms with E-state index in [2.05, 4.69) is 47.2 Å². The molecule has 0 radical (unpaired) electrons. The van der Waals surface area contributed by atoms with Gasteiger partial charge in [0.15, 0.2) is 0 Å². The number of methoxy groups -OCH3 is 1. The average molecular weight is 484 g/mol. The van der Waals surface area contributed by atoms with Crippen LogP contribution >= 0.6 is 0 Å². The Hall–Kier alpha value is -3.68. The van der Waals surface area contributed by atoms with E-state index in [0.717, 1.165) is 64.1 Å². The number of H-pyrrole nitrogens is 1. The molecule has 7 nitrogen and oxygen atoms in total. The third kappa shape index (κ3) is 4.72. The number of nitrogens with two attached hydrogens (primary N) is 1. The third-order valence-electron chi connectivity index (χ3n) is 7.17. The summed E-state index contributed by atoms with van der Waals surface area (Å²) in [4.78, 5) is 25.0. The number of nitrogens with one attached hydrogen (secondary N) is 1. The van der Waals surface area contributed by atoms with Crippen LogP contribution in [0.4, 0.5) is 0 Å². The molecule has 2 unspecified atom stereocenters. The summed E-state index contributed by atoms with van der Waals surface area (Å²) >= 11 is 0. The number of ether oxygens (including phenoxy) is 1. The number of amides is 1. The molecule has 1 aliphatic heterocycles. The molecule has 2 aromatic heterocycles. The first kappa shape index (κ1) is 24.0. The number of fused-ring (bicyclic) bond motifs is 1. The number of likely N-dealkylation sites (N-methyl/N-ethyl adjacent to an activating group) is 1. The van der Waals surface area contributed by atoms with Crippen LogP contribution in [-0.2, 0) is 11.2 Å². The summed E-state index contributed by atoms with van der Waals surface area (Å²) in [6.45, 7) is 1.52. The van der Waals surface area contributed by atoms with Gasteiger partial charge in [-0.05, 0) is 50.2 Å². The van der Waals surface area contributed by atoms with Crippen molar-refractivity contribution in [3.8, 4) is 28.0 Å². The van der Waals surface area contributed by atoms with E-state index in [-0.39, 0.29) is 5.91 Å². The first-order valence-electron chi connectivity index (χ1n) is 12.3. The number of carbonyl (C=O) groups excluding carboxylic acids is 1. The molecular formula is C29H33N5O2. The molecule has 3 heterocycles. The molecule has 1 amide bonds. The highest BCUT2D eigenvalue weighted by molar-refractivity contribution is 5.97. The lowest BCUT2D eigenvalue weighted by atomic mass is 9.98. The van der Waals surface area contributed by atoms with Gasteiger partial charge >= 0.3 is 0 Å². The standard InChI is InChI=1S/C29H33N5O2/c1-33(2)22-11-12-34(18-22)29(35)26(30)14-19-7-6-8-20(13-19)21-15-24-25(17-32-28(24)31-16-21)23-9-4-5-10-27(23)36-3/h4-10,13,15-17,22,26H,11-12,14,18,30H2,1-3H3,(H,31,32). The van der Waals surface area contributed by atoms with Gasteiger partial charge in [-0.25, -0.2) is 4.98 Å². The molecule has 0 spiro atoms. The number of aromatic nitrogens is 2. The number of hydrogen-bond donors (Lipinski definition) is 2. The van der Waals surface area contributed by atoms with Crippen LogP contribution in [0.1, 0.15) is 12.0 Å². The zero-order chi connectivity index (χ0) is 25.2. The predicted molar refractivity (Wildman–Crippen MR) is 144 cm³/mol. The van der Waals surface area contributed by atoms with Gasteiger partial charge in [-0.2, -0.15) is 0 Å². The number of pyridine rings is 1. The van der Waals surface area contributed by atoms with Crippen molar-refractivity contribution in [1.82, 2.24) is 19.8 Å². The summed E-state index contributed by atoms with van der Waals surface area (Å²) in [7, 11) is 5.80. The Labute approximate surface area is 211 Å². The van der Waals surface area contributed by atoms with Crippen molar-refractivity contribution >= 4 is 16.9 Å². The van der Waals surface area contributed by atoms with Crippen LogP contribution in [0.3, 0.4) is 0 Å². The van der Waals surface area contributed by atoms with Crippen LogP contribution in [0.5, 0.6) is 5.75 Å². The molecule has 1 aliphatic rings. The number of para-hydroxylation sites is 1. The van der Waals surface area contributed by atoms with Gasteiger partial charge in [0.25, 0.3) is 0 Å². The molecule has 1 fully saturated rings. The molecule has 0 aliphatic carbocycles. The summed E-state index contributed by atoms with van der Waals surface area (Å²) in [5, 5.41) is 1.03. The van der Waals surface area contributed by atoms with E-state index >= 15 is 0 Å². The largest absolute Gasteiger partial charge is 0.496 e. The summed E-state index contributed by atoms with van der Waals surface area (Å²) < 4.78 is 5.58. The van der Waals surface area contributed by atoms with Gasteiger partial charge in [0.1, 0.15) is 11.4 Å². The van der Waals surface area contributed by atoms with Crippen LogP contribution in [0.2, 0.25) is 0 Å². The second-order valence-corrected chi connectivity index (χ2v) is 9.72. The Balaban J connectivity index is 1.38. The maximum atomic E-state index is 13.0. The molecule has 2 atom stereocenters. The highest BCUT2D eigenvalue weighted by Crippen LogP contribution is 2.36. The summed E-state index contributed by atoms with van der Waals surface area (Å²) in [5.41, 5.74) is 12.4. The van der Waals surface area contributed by atoms with E-state index in [9.17, 15) is 4.79 Å². The highest BCUT2D eigenvalue weighted by Gasteiger charge is 2.30. The van der Waals surface area contributed by atoms with Crippen LogP contribution in [0.25, 0.3) is 33.3 Å². The quantitative estimate of drug-likeness (QED) is 0.416. The van der Waals surface area contributed by atoms with Crippen molar-refractivity contribution < 1.29 is 9.53 Å². The molecule has 186 valence electrons. The molecule has 1 saturated heterocycles. The number of benzene rings is 2. The molecule has 4 aromatic rings. The van der Waals surface area contributed by atoms with Crippen molar-refractivity contribution in [2.75, 3.05) is 34.3 Å². The van der Waals surface area contributed by atoms with E-state index in [4.69, 9.17) is 10.5 Å². The van der Waals surface area contributed by atoms with Gasteiger partial charge in [0, 0.05) is 53.6 Å². The second-order valence-electron chi connectivity index (χ2n) is 9.72. The Morgan fingerprint density at radius 3 is 2.78 bits per heavy atom. The zero-order valence-electron chi connectivity index (χ0n) is 21.1. The molecule has 2 aromatic carbocycles. The Bertz CT molecular complexity index is 1380. The Kier molecular flexibility index (Phi) is 6.76. The monoisotopic (exact) mass is 483 g/mol. The van der Waals surface area contributed by atoms with Gasteiger partial charge < -0.3 is 25.3 Å². The topological polar surface area (TPSA) is 87.5 Å². The molecule has 7 heteroatoms. The van der Waals surface area contributed by atoms with Gasteiger partial charge in [0.2, 0.25) is 5.91 Å². The normalized spacial score (nSPS) is 16.6. The lowest BCUT2D eigenvalue weighted by Crippen LogP contribution is -2.45. The fraction of sp³-hybridized carbons (Fsp3) is 0.310. The molecule has 36 heavy (non-hydrogen) atoms. The number of likely N-dealkylation sites (tertiary alicyclic amines) is 1. The first-order chi connectivity index (χ1) is 17.4. The van der Waals surface area contributed by atoms with Crippen molar-refractivity contribution in [2.45, 2.75) is 24.9 Å². The van der Waals surface area contributed by atoms with Gasteiger partial charge in [-0.1, -0.05) is 42.5 Å². The van der Waals surface area contributed by atoms with Crippen LogP contribution in [0.15, 0.2) is 67.0 Å². The lowest BCUT2D eigenvalue weighted by Gasteiger charge is -2.23. The maximum Gasteiger partial charge on any atom is 0.239 e. The Morgan fingerprint density at radius 2 is 2.00 bits per heavy atom. The lowest BCUT2D eigenvalue weighted by molar-refractivity contribution is -0.131. The van der Waals surface area contributed by atoms with Crippen molar-refractivity contribution in [1.29, 1.82) is 0 Å². The van der Waals surface area contributed by atoms with Crippen LogP contribution in [-0.4, -0.2) is 72.1 Å². The van der Waals surface area contributed by atoms with Gasteiger partial charge in [-0.3, -0.25) is 4.79 Å². The molecule has 0 bridgehead atoms. The number of carbonyl (C=O) groups is 1. The maximum absolute atomic E-state index is 13.0. The fourth-order valence-electron chi connectivity index (χ4n) is 5.07. The zero-order valence-corrected chi connectivity index (χ0v) is 21.1. The van der Waals surface area contributed by atoms with Gasteiger partial charge in [-0.15, -0.1) is 0 Å².